The van der Waals surface area contributed by atoms with E-state index < -0.39 is 0 Å². The standard InChI is InChI=1S/C16H23NOS/c1-11-5-7-12(8-6-11)15(18)17-13-9-14(19-10-13)16(2,3)4/h5,9-10,12H,6-8H2,1-4H3,(H,17,18)/t12-/m1/s1. The summed E-state index contributed by atoms with van der Waals surface area (Å²) >= 11 is 1.72. The second-order valence-corrected chi connectivity index (χ2v) is 7.37. The predicted octanol–water partition coefficient (Wildman–Crippen LogP) is 4.73. The summed E-state index contributed by atoms with van der Waals surface area (Å²) in [5.41, 5.74) is 2.51. The van der Waals surface area contributed by atoms with Gasteiger partial charge in [-0.3, -0.25) is 4.79 Å². The van der Waals surface area contributed by atoms with Gasteiger partial charge in [0.1, 0.15) is 0 Å². The summed E-state index contributed by atoms with van der Waals surface area (Å²) in [6.45, 7) is 8.72. The fourth-order valence-corrected chi connectivity index (χ4v) is 3.17. The fourth-order valence-electron chi connectivity index (χ4n) is 2.24. The van der Waals surface area contributed by atoms with E-state index in [9.17, 15) is 4.79 Å². The van der Waals surface area contributed by atoms with Crippen molar-refractivity contribution in [3.05, 3.63) is 28.0 Å². The Kier molecular flexibility index (Phi) is 4.14. The minimum atomic E-state index is 0.140. The molecule has 1 aliphatic rings. The van der Waals surface area contributed by atoms with Crippen LogP contribution in [-0.2, 0) is 10.2 Å². The Bertz CT molecular complexity index is 493. The molecule has 0 saturated heterocycles. The van der Waals surface area contributed by atoms with Gasteiger partial charge in [0, 0.05) is 16.2 Å². The number of rotatable bonds is 2. The van der Waals surface area contributed by atoms with Crippen LogP contribution in [0.15, 0.2) is 23.1 Å². The third kappa shape index (κ3) is 3.69. The van der Waals surface area contributed by atoms with Gasteiger partial charge in [0.15, 0.2) is 0 Å². The van der Waals surface area contributed by atoms with Crippen molar-refractivity contribution in [3.8, 4) is 0 Å². The summed E-state index contributed by atoms with van der Waals surface area (Å²) in [5.74, 6) is 0.309. The van der Waals surface area contributed by atoms with Crippen molar-refractivity contribution < 1.29 is 4.79 Å². The summed E-state index contributed by atoms with van der Waals surface area (Å²) < 4.78 is 0. The largest absolute Gasteiger partial charge is 0.325 e. The average molecular weight is 277 g/mol. The lowest BCUT2D eigenvalue weighted by Crippen LogP contribution is -2.23. The minimum absolute atomic E-state index is 0.140. The summed E-state index contributed by atoms with van der Waals surface area (Å²) in [4.78, 5) is 13.5. The third-order valence-electron chi connectivity index (χ3n) is 3.61. The number of carbonyl (C=O) groups is 1. The number of allylic oxidation sites excluding steroid dienone is 2. The maximum atomic E-state index is 12.2. The molecule has 1 N–H and O–H groups in total. The van der Waals surface area contributed by atoms with E-state index in [4.69, 9.17) is 0 Å². The molecule has 0 aromatic carbocycles. The predicted molar refractivity (Wildman–Crippen MR) is 82.7 cm³/mol. The Balaban J connectivity index is 1.98. The summed E-state index contributed by atoms with van der Waals surface area (Å²) in [6, 6.07) is 2.10. The zero-order chi connectivity index (χ0) is 14.0. The van der Waals surface area contributed by atoms with Crippen molar-refractivity contribution >= 4 is 22.9 Å². The van der Waals surface area contributed by atoms with Crippen LogP contribution < -0.4 is 5.32 Å². The molecule has 2 nitrogen and oxygen atoms in total. The smallest absolute Gasteiger partial charge is 0.227 e. The quantitative estimate of drug-likeness (QED) is 0.778. The highest BCUT2D eigenvalue weighted by Gasteiger charge is 2.22. The molecule has 1 heterocycles. The van der Waals surface area contributed by atoms with Gasteiger partial charge in [0.05, 0.1) is 5.69 Å². The highest BCUT2D eigenvalue weighted by molar-refractivity contribution is 7.10. The maximum Gasteiger partial charge on any atom is 0.227 e. The van der Waals surface area contributed by atoms with Crippen molar-refractivity contribution in [2.75, 3.05) is 5.32 Å². The van der Waals surface area contributed by atoms with Crippen molar-refractivity contribution in [1.29, 1.82) is 0 Å². The molecule has 1 aliphatic carbocycles. The SMILES string of the molecule is CC1=CC[C@@H](C(=O)Nc2csc(C(C)(C)C)c2)CC1. The van der Waals surface area contributed by atoms with Gasteiger partial charge >= 0.3 is 0 Å². The molecule has 1 amide bonds. The van der Waals surface area contributed by atoms with Gasteiger partial charge in [0.25, 0.3) is 0 Å². The Morgan fingerprint density at radius 2 is 2.16 bits per heavy atom. The molecule has 1 atom stereocenters. The van der Waals surface area contributed by atoms with E-state index in [1.54, 1.807) is 11.3 Å². The van der Waals surface area contributed by atoms with Crippen molar-refractivity contribution in [1.82, 2.24) is 0 Å². The number of hydrogen-bond donors (Lipinski definition) is 1. The molecule has 0 bridgehead atoms. The first-order valence-electron chi connectivity index (χ1n) is 6.92. The van der Waals surface area contributed by atoms with Crippen LogP contribution in [0, 0.1) is 5.92 Å². The van der Waals surface area contributed by atoms with Crippen LogP contribution in [0.25, 0.3) is 0 Å². The highest BCUT2D eigenvalue weighted by atomic mass is 32.1. The lowest BCUT2D eigenvalue weighted by atomic mass is 9.89. The molecule has 2 rings (SSSR count). The first kappa shape index (κ1) is 14.3. The lowest BCUT2D eigenvalue weighted by Gasteiger charge is -2.19. The van der Waals surface area contributed by atoms with Crippen LogP contribution in [0.4, 0.5) is 5.69 Å². The van der Waals surface area contributed by atoms with Crippen molar-refractivity contribution in [2.24, 2.45) is 5.92 Å². The molecular formula is C16H23NOS. The van der Waals surface area contributed by atoms with Crippen LogP contribution >= 0.6 is 11.3 Å². The number of nitrogens with one attached hydrogen (secondary N) is 1. The van der Waals surface area contributed by atoms with E-state index in [1.807, 2.05) is 5.38 Å². The summed E-state index contributed by atoms with van der Waals surface area (Å²) in [7, 11) is 0. The second kappa shape index (κ2) is 5.49. The van der Waals surface area contributed by atoms with E-state index in [1.165, 1.54) is 10.5 Å². The average Bonchev–Trinajstić information content (AvgIpc) is 2.78. The van der Waals surface area contributed by atoms with E-state index in [-0.39, 0.29) is 17.2 Å². The molecule has 0 aliphatic heterocycles. The number of amides is 1. The van der Waals surface area contributed by atoms with E-state index >= 15 is 0 Å². The summed E-state index contributed by atoms with van der Waals surface area (Å²) in [6.07, 6.45) is 5.11. The van der Waals surface area contributed by atoms with Gasteiger partial charge in [-0.05, 0) is 37.7 Å². The molecule has 0 fully saturated rings. The number of thiophene rings is 1. The molecule has 0 spiro atoms. The van der Waals surface area contributed by atoms with Gasteiger partial charge in [-0.15, -0.1) is 11.3 Å². The van der Waals surface area contributed by atoms with E-state index in [2.05, 4.69) is 45.2 Å². The van der Waals surface area contributed by atoms with Gasteiger partial charge < -0.3 is 5.32 Å². The molecule has 0 radical (unpaired) electrons. The molecule has 0 saturated carbocycles. The van der Waals surface area contributed by atoms with Crippen LogP contribution in [0.1, 0.15) is 51.8 Å². The summed E-state index contributed by atoms with van der Waals surface area (Å²) in [5, 5.41) is 5.11. The second-order valence-electron chi connectivity index (χ2n) is 6.46. The number of carbonyl (C=O) groups excluding carboxylic acids is 1. The number of anilines is 1. The van der Waals surface area contributed by atoms with Crippen molar-refractivity contribution in [3.63, 3.8) is 0 Å². The molecule has 104 valence electrons. The number of hydrogen-bond acceptors (Lipinski definition) is 2. The first-order valence-corrected chi connectivity index (χ1v) is 7.80. The van der Waals surface area contributed by atoms with E-state index in [0.717, 1.165) is 24.9 Å². The van der Waals surface area contributed by atoms with Gasteiger partial charge in [-0.1, -0.05) is 32.4 Å². The zero-order valence-electron chi connectivity index (χ0n) is 12.2. The molecule has 0 unspecified atom stereocenters. The molecule has 1 aromatic rings. The zero-order valence-corrected chi connectivity index (χ0v) is 13.1. The Morgan fingerprint density at radius 3 is 2.68 bits per heavy atom. The molecule has 3 heteroatoms. The Hall–Kier alpha value is -1.09. The fraction of sp³-hybridized carbons (Fsp3) is 0.562. The van der Waals surface area contributed by atoms with Gasteiger partial charge in [-0.25, -0.2) is 0 Å². The van der Waals surface area contributed by atoms with Crippen molar-refractivity contribution in [2.45, 2.75) is 52.4 Å². The van der Waals surface area contributed by atoms with Crippen LogP contribution in [0.5, 0.6) is 0 Å². The normalized spacial score (nSPS) is 20.0. The maximum absolute atomic E-state index is 12.2. The third-order valence-corrected chi connectivity index (χ3v) is 4.97. The Labute approximate surface area is 119 Å². The van der Waals surface area contributed by atoms with Gasteiger partial charge in [-0.2, -0.15) is 0 Å². The van der Waals surface area contributed by atoms with E-state index in [0.29, 0.717) is 0 Å². The molecule has 19 heavy (non-hydrogen) atoms. The molecular weight excluding hydrogens is 254 g/mol. The van der Waals surface area contributed by atoms with Gasteiger partial charge in [0.2, 0.25) is 5.91 Å². The first-order chi connectivity index (χ1) is 8.86. The van der Waals surface area contributed by atoms with Crippen LogP contribution in [0.3, 0.4) is 0 Å². The Morgan fingerprint density at radius 1 is 1.42 bits per heavy atom. The lowest BCUT2D eigenvalue weighted by molar-refractivity contribution is -0.120. The molecule has 1 aromatic heterocycles. The minimum Gasteiger partial charge on any atom is -0.325 e. The highest BCUT2D eigenvalue weighted by Crippen LogP contribution is 2.31. The monoisotopic (exact) mass is 277 g/mol. The topological polar surface area (TPSA) is 29.1 Å². The van der Waals surface area contributed by atoms with Crippen LogP contribution in [-0.4, -0.2) is 5.91 Å². The van der Waals surface area contributed by atoms with Crippen LogP contribution in [0.2, 0.25) is 0 Å².